The maximum Gasteiger partial charge on any atom is 0.202 e. The Morgan fingerprint density at radius 1 is 1.38 bits per heavy atom. The van der Waals surface area contributed by atoms with Crippen molar-refractivity contribution in [1.82, 2.24) is 24.2 Å². The standard InChI is InChI=1S/C15H26N6/c1-5-21-14-13(11(4)18-21)17-15(16)20(14)9-12-6-7-19(8-12)10(2)3/h10,12H,5-9H2,1-4H3,(H2,16,17). The van der Waals surface area contributed by atoms with Crippen LogP contribution in [0.15, 0.2) is 0 Å². The van der Waals surface area contributed by atoms with E-state index < -0.39 is 0 Å². The van der Waals surface area contributed by atoms with E-state index in [2.05, 4.69) is 40.3 Å². The number of aromatic nitrogens is 4. The Hall–Kier alpha value is -1.56. The lowest BCUT2D eigenvalue weighted by Gasteiger charge is -2.20. The zero-order chi connectivity index (χ0) is 15.1. The number of hydrogen-bond acceptors (Lipinski definition) is 4. The summed E-state index contributed by atoms with van der Waals surface area (Å²) in [5.41, 5.74) is 9.16. The van der Waals surface area contributed by atoms with E-state index in [0.29, 0.717) is 17.9 Å². The number of fused-ring (bicyclic) bond motifs is 1. The quantitative estimate of drug-likeness (QED) is 0.933. The van der Waals surface area contributed by atoms with Crippen molar-refractivity contribution in [2.45, 2.75) is 53.2 Å². The molecule has 3 rings (SSSR count). The summed E-state index contributed by atoms with van der Waals surface area (Å²) < 4.78 is 4.18. The Morgan fingerprint density at radius 3 is 2.76 bits per heavy atom. The Labute approximate surface area is 125 Å². The number of likely N-dealkylation sites (tertiary alicyclic amines) is 1. The molecule has 0 saturated carbocycles. The largest absolute Gasteiger partial charge is 0.369 e. The molecule has 2 N–H and O–H groups in total. The number of rotatable bonds is 4. The predicted molar refractivity (Wildman–Crippen MR) is 85.2 cm³/mol. The third-order valence-electron chi connectivity index (χ3n) is 4.62. The van der Waals surface area contributed by atoms with Crippen LogP contribution in [0.1, 0.15) is 32.9 Å². The van der Waals surface area contributed by atoms with Gasteiger partial charge in [0.25, 0.3) is 0 Å². The van der Waals surface area contributed by atoms with E-state index in [-0.39, 0.29) is 0 Å². The fraction of sp³-hybridized carbons (Fsp3) is 0.733. The van der Waals surface area contributed by atoms with Crippen molar-refractivity contribution in [3.63, 3.8) is 0 Å². The second kappa shape index (κ2) is 5.33. The summed E-state index contributed by atoms with van der Waals surface area (Å²) in [7, 11) is 0. The number of aryl methyl sites for hydroxylation is 2. The summed E-state index contributed by atoms with van der Waals surface area (Å²) in [6.45, 7) is 12.8. The molecule has 1 aliphatic heterocycles. The molecule has 2 aromatic heterocycles. The molecule has 0 aliphatic carbocycles. The zero-order valence-electron chi connectivity index (χ0n) is 13.5. The first kappa shape index (κ1) is 14.4. The second-order valence-electron chi connectivity index (χ2n) is 6.40. The summed E-state index contributed by atoms with van der Waals surface area (Å²) in [5.74, 6) is 1.27. The SMILES string of the molecule is CCn1nc(C)c2nc(N)n(CC3CCN(C(C)C)C3)c21. The summed E-state index contributed by atoms with van der Waals surface area (Å²) >= 11 is 0. The van der Waals surface area contributed by atoms with E-state index >= 15 is 0 Å². The molecule has 0 bridgehead atoms. The number of hydrogen-bond donors (Lipinski definition) is 1. The second-order valence-corrected chi connectivity index (χ2v) is 6.40. The molecule has 0 amide bonds. The molecule has 0 radical (unpaired) electrons. The van der Waals surface area contributed by atoms with E-state index in [4.69, 9.17) is 5.73 Å². The van der Waals surface area contributed by atoms with Crippen molar-refractivity contribution in [1.29, 1.82) is 0 Å². The minimum atomic E-state index is 0.621. The smallest absolute Gasteiger partial charge is 0.202 e. The van der Waals surface area contributed by atoms with Crippen LogP contribution in [0, 0.1) is 12.8 Å². The molecule has 1 aliphatic rings. The number of nitrogens with zero attached hydrogens (tertiary/aromatic N) is 5. The number of anilines is 1. The molecule has 6 heteroatoms. The van der Waals surface area contributed by atoms with Gasteiger partial charge in [-0.2, -0.15) is 5.10 Å². The summed E-state index contributed by atoms with van der Waals surface area (Å²) in [4.78, 5) is 7.06. The van der Waals surface area contributed by atoms with Crippen LogP contribution in [-0.2, 0) is 13.1 Å². The van der Waals surface area contributed by atoms with Crippen LogP contribution in [-0.4, -0.2) is 43.4 Å². The topological polar surface area (TPSA) is 64.9 Å². The van der Waals surface area contributed by atoms with Crippen molar-refractivity contribution >= 4 is 17.1 Å². The van der Waals surface area contributed by atoms with Gasteiger partial charge in [0.2, 0.25) is 5.95 Å². The van der Waals surface area contributed by atoms with Crippen molar-refractivity contribution in [2.75, 3.05) is 18.8 Å². The van der Waals surface area contributed by atoms with Crippen molar-refractivity contribution in [3.05, 3.63) is 5.69 Å². The highest BCUT2D eigenvalue weighted by atomic mass is 15.4. The van der Waals surface area contributed by atoms with Crippen LogP contribution in [0.25, 0.3) is 11.2 Å². The number of nitrogens with two attached hydrogens (primary N) is 1. The van der Waals surface area contributed by atoms with E-state index in [1.807, 2.05) is 11.6 Å². The number of nitrogen functional groups attached to an aromatic ring is 1. The van der Waals surface area contributed by atoms with Gasteiger partial charge in [-0.05, 0) is 46.6 Å². The first-order valence-corrected chi connectivity index (χ1v) is 7.94. The highest BCUT2D eigenvalue weighted by Gasteiger charge is 2.26. The van der Waals surface area contributed by atoms with Crippen LogP contribution in [0.5, 0.6) is 0 Å². The maximum absolute atomic E-state index is 6.16. The molecular formula is C15H26N6. The molecule has 1 atom stereocenters. The van der Waals surface area contributed by atoms with Crippen LogP contribution in [0.2, 0.25) is 0 Å². The predicted octanol–water partition coefficient (Wildman–Crippen LogP) is 1.87. The molecule has 1 unspecified atom stereocenters. The normalized spacial score (nSPS) is 20.1. The Morgan fingerprint density at radius 2 is 2.14 bits per heavy atom. The molecule has 1 fully saturated rings. The van der Waals surface area contributed by atoms with E-state index in [1.54, 1.807) is 0 Å². The van der Waals surface area contributed by atoms with Gasteiger partial charge < -0.3 is 10.6 Å². The summed E-state index contributed by atoms with van der Waals surface area (Å²) in [5, 5.41) is 4.56. The van der Waals surface area contributed by atoms with Gasteiger partial charge in [0, 0.05) is 25.7 Å². The Balaban J connectivity index is 1.89. The van der Waals surface area contributed by atoms with Crippen molar-refractivity contribution in [3.8, 4) is 0 Å². The van der Waals surface area contributed by atoms with Gasteiger partial charge in [-0.1, -0.05) is 0 Å². The van der Waals surface area contributed by atoms with E-state index in [0.717, 1.165) is 36.5 Å². The fourth-order valence-corrected chi connectivity index (χ4v) is 3.38. The van der Waals surface area contributed by atoms with Crippen molar-refractivity contribution in [2.24, 2.45) is 5.92 Å². The minimum Gasteiger partial charge on any atom is -0.369 e. The van der Waals surface area contributed by atoms with Gasteiger partial charge in [-0.25, -0.2) is 9.67 Å². The van der Waals surface area contributed by atoms with Gasteiger partial charge in [-0.3, -0.25) is 4.57 Å². The molecule has 3 heterocycles. The summed E-state index contributed by atoms with van der Waals surface area (Å²) in [6, 6.07) is 0.624. The Kier molecular flexibility index (Phi) is 3.65. The van der Waals surface area contributed by atoms with Gasteiger partial charge in [0.1, 0.15) is 5.52 Å². The van der Waals surface area contributed by atoms with Crippen LogP contribution >= 0.6 is 0 Å². The minimum absolute atomic E-state index is 0.621. The highest BCUT2D eigenvalue weighted by molar-refractivity contribution is 5.77. The molecule has 1 saturated heterocycles. The van der Waals surface area contributed by atoms with Crippen molar-refractivity contribution < 1.29 is 0 Å². The highest BCUT2D eigenvalue weighted by Crippen LogP contribution is 2.26. The average Bonchev–Trinajstić information content (AvgIpc) is 3.09. The van der Waals surface area contributed by atoms with Gasteiger partial charge >= 0.3 is 0 Å². The zero-order valence-corrected chi connectivity index (χ0v) is 13.5. The average molecular weight is 290 g/mol. The lowest BCUT2D eigenvalue weighted by molar-refractivity contribution is 0.261. The Bertz CT molecular complexity index is 638. The maximum atomic E-state index is 6.16. The van der Waals surface area contributed by atoms with Crippen LogP contribution in [0.4, 0.5) is 5.95 Å². The first-order valence-electron chi connectivity index (χ1n) is 7.94. The van der Waals surface area contributed by atoms with Crippen LogP contribution in [0.3, 0.4) is 0 Å². The third-order valence-corrected chi connectivity index (χ3v) is 4.62. The molecule has 21 heavy (non-hydrogen) atoms. The van der Waals surface area contributed by atoms with Gasteiger partial charge in [-0.15, -0.1) is 0 Å². The lowest BCUT2D eigenvalue weighted by Crippen LogP contribution is -2.29. The lowest BCUT2D eigenvalue weighted by atomic mass is 10.1. The summed E-state index contributed by atoms with van der Waals surface area (Å²) in [6.07, 6.45) is 1.23. The molecular weight excluding hydrogens is 264 g/mol. The van der Waals surface area contributed by atoms with E-state index in [1.165, 1.54) is 13.0 Å². The van der Waals surface area contributed by atoms with Gasteiger partial charge in [0.05, 0.1) is 5.69 Å². The monoisotopic (exact) mass is 290 g/mol. The number of imidazole rings is 1. The molecule has 0 spiro atoms. The fourth-order valence-electron chi connectivity index (χ4n) is 3.38. The van der Waals surface area contributed by atoms with Gasteiger partial charge in [0.15, 0.2) is 5.65 Å². The molecule has 116 valence electrons. The van der Waals surface area contributed by atoms with Crippen LogP contribution < -0.4 is 5.73 Å². The molecule has 2 aromatic rings. The third kappa shape index (κ3) is 2.41. The van der Waals surface area contributed by atoms with E-state index in [9.17, 15) is 0 Å². The molecule has 6 nitrogen and oxygen atoms in total. The molecule has 0 aromatic carbocycles. The first-order chi connectivity index (χ1) is 10.0.